The monoisotopic (exact) mass is 459 g/mol. The second-order valence-corrected chi connectivity index (χ2v) is 8.81. The van der Waals surface area contributed by atoms with Crippen molar-refractivity contribution in [2.75, 3.05) is 52.4 Å². The molecule has 0 aromatic rings. The van der Waals surface area contributed by atoms with Crippen LogP contribution in [-0.2, 0) is 19.2 Å². The zero-order chi connectivity index (χ0) is 23.3. The third-order valence-electron chi connectivity index (χ3n) is 6.16. The molecule has 0 spiro atoms. The van der Waals surface area contributed by atoms with E-state index in [0.29, 0.717) is 0 Å². The fourth-order valence-electron chi connectivity index (χ4n) is 4.10. The van der Waals surface area contributed by atoms with Gasteiger partial charge in [0.2, 0.25) is 25.6 Å². The number of rotatable bonds is 4. The molecule has 0 atom stereocenters. The van der Waals surface area contributed by atoms with Crippen molar-refractivity contribution in [1.82, 2.24) is 19.6 Å². The predicted octanol–water partition coefficient (Wildman–Crippen LogP) is 2.13. The minimum Gasteiger partial charge on any atom is -0.345 e. The molecule has 0 bridgehead atoms. The Morgan fingerprint density at radius 2 is 0.455 bits per heavy atom. The quantitative estimate of drug-likeness (QED) is 0.477. The Morgan fingerprint density at radius 1 is 0.303 bits per heavy atom. The molecule has 4 fully saturated rings. The maximum Gasteiger partial charge on any atom is 0.209 e. The van der Waals surface area contributed by atoms with E-state index in [2.05, 4.69) is 0 Å². The Hall–Kier alpha value is -1.52. The summed E-state index contributed by atoms with van der Waals surface area (Å²) in [5, 5.41) is 0. The molecule has 0 aliphatic carbocycles. The summed E-state index contributed by atoms with van der Waals surface area (Å²) in [6, 6.07) is 0. The Kier molecular flexibility index (Phi) is 21.3. The van der Waals surface area contributed by atoms with E-state index in [1.807, 2.05) is 19.6 Å². The first kappa shape index (κ1) is 31.5. The zero-order valence-electron chi connectivity index (χ0n) is 20.9. The third kappa shape index (κ3) is 16.7. The third-order valence-corrected chi connectivity index (χ3v) is 6.16. The van der Waals surface area contributed by atoms with E-state index in [1.165, 1.54) is 77.0 Å². The minimum atomic E-state index is 0. The van der Waals surface area contributed by atoms with Crippen LogP contribution >= 0.6 is 0 Å². The molecular weight excluding hydrogens is 415 g/mol. The van der Waals surface area contributed by atoms with Gasteiger partial charge in [0.25, 0.3) is 0 Å². The van der Waals surface area contributed by atoms with E-state index in [9.17, 15) is 19.2 Å². The molecule has 0 aromatic carbocycles. The maximum absolute atomic E-state index is 10.1. The van der Waals surface area contributed by atoms with Crippen LogP contribution in [0.4, 0.5) is 0 Å². The van der Waals surface area contributed by atoms with E-state index >= 15 is 0 Å². The summed E-state index contributed by atoms with van der Waals surface area (Å²) in [7, 11) is 0. The van der Waals surface area contributed by atoms with E-state index in [0.717, 1.165) is 78.0 Å². The number of carbonyl (C=O) groups is 4. The molecule has 4 heterocycles. The van der Waals surface area contributed by atoms with E-state index in [-0.39, 0.29) is 18.9 Å². The second-order valence-electron chi connectivity index (χ2n) is 8.81. The Labute approximate surface area is 212 Å². The van der Waals surface area contributed by atoms with Crippen LogP contribution in [0.25, 0.3) is 0 Å². The topological polar surface area (TPSA) is 81.2 Å². The van der Waals surface area contributed by atoms with Gasteiger partial charge < -0.3 is 19.6 Å². The van der Waals surface area contributed by atoms with Crippen LogP contribution in [0.5, 0.6) is 0 Å². The minimum absolute atomic E-state index is 0. The smallest absolute Gasteiger partial charge is 0.209 e. The zero-order valence-corrected chi connectivity index (χ0v) is 20.9. The molecule has 4 aliphatic heterocycles. The number of hydrogen-bond donors (Lipinski definition) is 0. The van der Waals surface area contributed by atoms with Crippen LogP contribution in [0.15, 0.2) is 0 Å². The second kappa shape index (κ2) is 22.3. The van der Waals surface area contributed by atoms with Crippen molar-refractivity contribution >= 4 is 44.5 Å². The summed E-state index contributed by atoms with van der Waals surface area (Å²) in [5.74, 6) is 0. The molecule has 4 rings (SSSR count). The van der Waals surface area contributed by atoms with Crippen molar-refractivity contribution in [3.8, 4) is 0 Å². The molecule has 9 heteroatoms. The number of hydrogen-bond acceptors (Lipinski definition) is 4. The van der Waals surface area contributed by atoms with Gasteiger partial charge >= 0.3 is 0 Å². The van der Waals surface area contributed by atoms with Gasteiger partial charge in [-0.1, -0.05) is 0 Å². The number of carbonyl (C=O) groups excluding carboxylic acids is 4. The number of amides is 4. The van der Waals surface area contributed by atoms with Gasteiger partial charge in [-0.05, 0) is 77.0 Å². The first-order chi connectivity index (χ1) is 15.7. The summed E-state index contributed by atoms with van der Waals surface area (Å²) in [6.45, 7) is 7.81. The predicted molar refractivity (Wildman–Crippen MR) is 132 cm³/mol. The molecule has 0 unspecified atom stereocenters. The maximum atomic E-state index is 10.1. The first-order valence-corrected chi connectivity index (χ1v) is 12.5. The van der Waals surface area contributed by atoms with Crippen molar-refractivity contribution in [1.29, 1.82) is 0 Å². The molecule has 4 amide bonds. The van der Waals surface area contributed by atoms with Gasteiger partial charge in [-0.25, -0.2) is 0 Å². The fourth-order valence-corrected chi connectivity index (χ4v) is 4.10. The fraction of sp³-hybridized carbons (Fsp3) is 0.833. The van der Waals surface area contributed by atoms with Gasteiger partial charge in [0.05, 0.1) is 0 Å². The van der Waals surface area contributed by atoms with E-state index < -0.39 is 0 Å². The molecule has 0 aromatic heterocycles. The van der Waals surface area contributed by atoms with Gasteiger partial charge in [-0.2, -0.15) is 0 Å². The average Bonchev–Trinajstić information content (AvgIpc) is 2.91. The van der Waals surface area contributed by atoms with Crippen LogP contribution in [0.2, 0.25) is 0 Å². The van der Waals surface area contributed by atoms with Gasteiger partial charge in [0.1, 0.15) is 0 Å². The molecule has 33 heavy (non-hydrogen) atoms. The molecule has 0 N–H and O–H groups in total. The summed E-state index contributed by atoms with van der Waals surface area (Å²) in [5.41, 5.74) is 0. The van der Waals surface area contributed by atoms with E-state index in [4.69, 9.17) is 0 Å². The normalized spacial score (nSPS) is 20.1. The molecule has 8 nitrogen and oxygen atoms in total. The van der Waals surface area contributed by atoms with Crippen LogP contribution in [0.3, 0.4) is 0 Å². The van der Waals surface area contributed by atoms with E-state index in [1.54, 1.807) is 0 Å². The molecule has 4 saturated heterocycles. The van der Waals surface area contributed by atoms with Gasteiger partial charge in [0.15, 0.2) is 0 Å². The number of nitrogens with zero attached hydrogens (tertiary/aromatic N) is 4. The number of likely N-dealkylation sites (tertiary alicyclic amines) is 4. The van der Waals surface area contributed by atoms with Crippen molar-refractivity contribution in [3.05, 3.63) is 0 Å². The Balaban J connectivity index is 0.000000410. The van der Waals surface area contributed by atoms with Gasteiger partial charge in [-0.3, -0.25) is 19.2 Å². The molecule has 185 valence electrons. The average molecular weight is 460 g/mol. The van der Waals surface area contributed by atoms with Crippen LogP contribution in [0, 0.1) is 0 Å². The Morgan fingerprint density at radius 3 is 0.545 bits per heavy atom. The molecule has 1 radical (unpaired) electrons. The standard InChI is InChI=1S/4C6H11NO.Li/c4*8-6-7-4-2-1-3-5-7;/h4*6H,1-5H2;. The summed E-state index contributed by atoms with van der Waals surface area (Å²) in [6.07, 6.45) is 18.5. The van der Waals surface area contributed by atoms with Crippen molar-refractivity contribution in [2.24, 2.45) is 0 Å². The summed E-state index contributed by atoms with van der Waals surface area (Å²) >= 11 is 0. The molecular formula is C24H44LiN4O4. The van der Waals surface area contributed by atoms with Crippen LogP contribution < -0.4 is 0 Å². The van der Waals surface area contributed by atoms with Crippen molar-refractivity contribution in [2.45, 2.75) is 77.0 Å². The van der Waals surface area contributed by atoms with Crippen LogP contribution in [-0.4, -0.2) is 116 Å². The Bertz CT molecular complexity index is 401. The van der Waals surface area contributed by atoms with Gasteiger partial charge in [-0.15, -0.1) is 0 Å². The van der Waals surface area contributed by atoms with Crippen LogP contribution in [0.1, 0.15) is 77.0 Å². The van der Waals surface area contributed by atoms with Gasteiger partial charge in [0, 0.05) is 71.2 Å². The summed E-state index contributed by atoms with van der Waals surface area (Å²) < 4.78 is 0. The SMILES string of the molecule is O=CN1CCCCC1.O=CN1CCCCC1.O=CN1CCCCC1.O=CN1CCCCC1.[Li]. The first-order valence-electron chi connectivity index (χ1n) is 12.5. The van der Waals surface area contributed by atoms with Crippen molar-refractivity contribution < 1.29 is 19.2 Å². The van der Waals surface area contributed by atoms with Crippen molar-refractivity contribution in [3.63, 3.8) is 0 Å². The molecule has 0 saturated carbocycles. The largest absolute Gasteiger partial charge is 0.345 e. The molecule has 4 aliphatic rings. The number of piperidine rings is 4. The summed E-state index contributed by atoms with van der Waals surface area (Å²) in [4.78, 5) is 47.7.